The number of hydrogen-bond donors (Lipinski definition) is 0. The van der Waals surface area contributed by atoms with Crippen molar-refractivity contribution in [3.63, 3.8) is 0 Å². The number of anilines is 1. The summed E-state index contributed by atoms with van der Waals surface area (Å²) < 4.78 is 0. The number of rotatable bonds is 3. The molecule has 3 nitrogen and oxygen atoms in total. The van der Waals surface area contributed by atoms with E-state index >= 15 is 0 Å². The zero-order chi connectivity index (χ0) is 13.4. The van der Waals surface area contributed by atoms with Crippen LogP contribution in [0.15, 0.2) is 0 Å². The van der Waals surface area contributed by atoms with Gasteiger partial charge < -0.3 is 4.90 Å². The Kier molecular flexibility index (Phi) is 3.90. The number of hydrogen-bond acceptors (Lipinski definition) is 4. The van der Waals surface area contributed by atoms with Crippen LogP contribution in [-0.4, -0.2) is 34.1 Å². The number of aromatic nitrogens is 2. The van der Waals surface area contributed by atoms with Gasteiger partial charge >= 0.3 is 0 Å². The Labute approximate surface area is 124 Å². The van der Waals surface area contributed by atoms with Gasteiger partial charge in [-0.05, 0) is 26.2 Å². The van der Waals surface area contributed by atoms with Gasteiger partial charge in [0.15, 0.2) is 0 Å². The normalized spacial score (nSPS) is 23.7. The van der Waals surface area contributed by atoms with Gasteiger partial charge in [-0.15, -0.1) is 0 Å². The summed E-state index contributed by atoms with van der Waals surface area (Å²) in [5, 5.41) is 1.35. The summed E-state index contributed by atoms with van der Waals surface area (Å²) in [7, 11) is 0. The van der Waals surface area contributed by atoms with E-state index in [-0.39, 0.29) is 0 Å². The van der Waals surface area contributed by atoms with Crippen molar-refractivity contribution in [3.8, 4) is 0 Å². The first kappa shape index (κ1) is 13.5. The van der Waals surface area contributed by atoms with Crippen molar-refractivity contribution in [2.75, 3.05) is 23.7 Å². The van der Waals surface area contributed by atoms with Crippen LogP contribution in [-0.2, 0) is 0 Å². The fraction of sp³-hybridized carbons (Fsp3) is 0.714. The maximum Gasteiger partial charge on any atom is 0.137 e. The van der Waals surface area contributed by atoms with Crippen LogP contribution < -0.4 is 4.90 Å². The van der Waals surface area contributed by atoms with Crippen molar-refractivity contribution in [2.45, 2.75) is 44.3 Å². The summed E-state index contributed by atoms with van der Waals surface area (Å²) >= 11 is 8.37. The van der Waals surface area contributed by atoms with Crippen LogP contribution in [0.4, 0.5) is 5.82 Å². The third-order valence-corrected chi connectivity index (χ3v) is 5.65. The molecule has 2 heterocycles. The minimum atomic E-state index is 0.554. The molecule has 19 heavy (non-hydrogen) atoms. The second-order valence-corrected chi connectivity index (χ2v) is 7.21. The minimum Gasteiger partial charge on any atom is -0.354 e. The summed E-state index contributed by atoms with van der Waals surface area (Å²) in [5.74, 6) is 3.76. The smallest absolute Gasteiger partial charge is 0.137 e. The Bertz CT molecular complexity index is 476. The largest absolute Gasteiger partial charge is 0.354 e. The van der Waals surface area contributed by atoms with Crippen molar-refractivity contribution >= 4 is 29.2 Å². The fourth-order valence-corrected chi connectivity index (χ4v) is 3.84. The highest BCUT2D eigenvalue weighted by Crippen LogP contribution is 2.40. The van der Waals surface area contributed by atoms with E-state index < -0.39 is 0 Å². The van der Waals surface area contributed by atoms with Crippen molar-refractivity contribution in [3.05, 3.63) is 16.5 Å². The Morgan fingerprint density at radius 1 is 1.37 bits per heavy atom. The molecule has 1 aromatic heterocycles. The highest BCUT2D eigenvalue weighted by Gasteiger charge is 2.29. The quantitative estimate of drug-likeness (QED) is 0.797. The van der Waals surface area contributed by atoms with E-state index in [1.165, 1.54) is 25.0 Å². The Morgan fingerprint density at radius 2 is 2.16 bits per heavy atom. The predicted octanol–water partition coefficient (Wildman–Crippen LogP) is 3.65. The monoisotopic (exact) mass is 297 g/mol. The van der Waals surface area contributed by atoms with Crippen molar-refractivity contribution in [1.29, 1.82) is 0 Å². The number of halogens is 1. The molecular formula is C14H20ClN3S. The van der Waals surface area contributed by atoms with Gasteiger partial charge in [0.1, 0.15) is 16.8 Å². The molecule has 0 N–H and O–H groups in total. The topological polar surface area (TPSA) is 29.0 Å². The summed E-state index contributed by atoms with van der Waals surface area (Å²) in [6.07, 6.45) is 3.65. The zero-order valence-electron chi connectivity index (χ0n) is 11.5. The molecule has 0 spiro atoms. The number of thioether (sulfide) groups is 1. The predicted molar refractivity (Wildman–Crippen MR) is 82.5 cm³/mol. The van der Waals surface area contributed by atoms with Crippen LogP contribution in [0.2, 0.25) is 5.15 Å². The van der Waals surface area contributed by atoms with Crippen molar-refractivity contribution < 1.29 is 0 Å². The fourth-order valence-electron chi connectivity index (χ4n) is 2.48. The molecule has 0 aromatic carbocycles. The van der Waals surface area contributed by atoms with E-state index in [1.807, 2.05) is 6.92 Å². The number of nitrogens with zero attached hydrogens (tertiary/aromatic N) is 3. The molecule has 0 radical (unpaired) electrons. The molecule has 2 aliphatic rings. The lowest BCUT2D eigenvalue weighted by atomic mass is 10.2. The molecule has 1 saturated carbocycles. The van der Waals surface area contributed by atoms with Gasteiger partial charge in [-0.3, -0.25) is 0 Å². The Hall–Kier alpha value is -0.480. The van der Waals surface area contributed by atoms with Gasteiger partial charge in [0, 0.05) is 35.6 Å². The van der Waals surface area contributed by atoms with E-state index in [0.717, 1.165) is 30.3 Å². The van der Waals surface area contributed by atoms with E-state index in [4.69, 9.17) is 16.6 Å². The molecule has 1 aromatic rings. The van der Waals surface area contributed by atoms with E-state index in [1.54, 1.807) is 0 Å². The van der Waals surface area contributed by atoms with Gasteiger partial charge in [-0.25, -0.2) is 9.97 Å². The van der Waals surface area contributed by atoms with E-state index in [9.17, 15) is 0 Å². The molecule has 2 fully saturated rings. The minimum absolute atomic E-state index is 0.554. The average molecular weight is 298 g/mol. The maximum absolute atomic E-state index is 6.30. The zero-order valence-corrected chi connectivity index (χ0v) is 13.1. The van der Waals surface area contributed by atoms with Gasteiger partial charge in [0.2, 0.25) is 0 Å². The Balaban J connectivity index is 1.89. The van der Waals surface area contributed by atoms with Gasteiger partial charge in [-0.1, -0.05) is 18.5 Å². The molecule has 1 atom stereocenters. The second kappa shape index (κ2) is 5.49. The van der Waals surface area contributed by atoms with Crippen LogP contribution in [0.25, 0.3) is 0 Å². The SMILES string of the molecule is CCC1CN(c2nc(C3CC3)nc(Cl)c2C)CCS1. The first-order valence-corrected chi connectivity index (χ1v) is 8.52. The van der Waals surface area contributed by atoms with Crippen LogP contribution in [0, 0.1) is 6.92 Å². The van der Waals surface area contributed by atoms with Crippen LogP contribution >= 0.6 is 23.4 Å². The highest BCUT2D eigenvalue weighted by molar-refractivity contribution is 8.00. The van der Waals surface area contributed by atoms with Crippen LogP contribution in [0.1, 0.15) is 43.5 Å². The molecule has 104 valence electrons. The summed E-state index contributed by atoms with van der Waals surface area (Å²) in [6.45, 7) is 6.45. The molecule has 5 heteroatoms. The highest BCUT2D eigenvalue weighted by atomic mass is 35.5. The molecule has 0 amide bonds. The lowest BCUT2D eigenvalue weighted by molar-refractivity contribution is 0.712. The van der Waals surface area contributed by atoms with Gasteiger partial charge in [0.25, 0.3) is 0 Å². The van der Waals surface area contributed by atoms with Crippen molar-refractivity contribution in [1.82, 2.24) is 9.97 Å². The lowest BCUT2D eigenvalue weighted by Crippen LogP contribution is -2.38. The Morgan fingerprint density at radius 3 is 2.84 bits per heavy atom. The third kappa shape index (κ3) is 2.84. The van der Waals surface area contributed by atoms with E-state index in [2.05, 4.69) is 28.6 Å². The molecule has 3 rings (SSSR count). The first-order chi connectivity index (χ1) is 9.19. The molecule has 1 unspecified atom stereocenters. The summed E-state index contributed by atoms with van der Waals surface area (Å²) in [5.41, 5.74) is 1.04. The second-order valence-electron chi connectivity index (χ2n) is 5.44. The summed E-state index contributed by atoms with van der Waals surface area (Å²) in [4.78, 5) is 11.7. The molecule has 1 aliphatic heterocycles. The lowest BCUT2D eigenvalue weighted by Gasteiger charge is -2.33. The molecule has 1 aliphatic carbocycles. The third-order valence-electron chi connectivity index (χ3n) is 3.91. The molecular weight excluding hydrogens is 278 g/mol. The van der Waals surface area contributed by atoms with Gasteiger partial charge in [0.05, 0.1) is 0 Å². The first-order valence-electron chi connectivity index (χ1n) is 7.09. The van der Waals surface area contributed by atoms with Gasteiger partial charge in [-0.2, -0.15) is 11.8 Å². The van der Waals surface area contributed by atoms with Crippen LogP contribution in [0.5, 0.6) is 0 Å². The molecule has 0 bridgehead atoms. The maximum atomic E-state index is 6.30. The average Bonchev–Trinajstić information content (AvgIpc) is 3.26. The van der Waals surface area contributed by atoms with E-state index in [0.29, 0.717) is 16.3 Å². The van der Waals surface area contributed by atoms with Crippen LogP contribution in [0.3, 0.4) is 0 Å². The molecule has 1 saturated heterocycles. The van der Waals surface area contributed by atoms with Crippen molar-refractivity contribution in [2.24, 2.45) is 0 Å². The summed E-state index contributed by atoms with van der Waals surface area (Å²) in [6, 6.07) is 0. The standard InChI is InChI=1S/C14H20ClN3S/c1-3-11-8-18(6-7-19-11)14-9(2)12(15)16-13(17-14)10-4-5-10/h10-11H,3-8H2,1-2H3.